The van der Waals surface area contributed by atoms with Crippen molar-refractivity contribution in [3.8, 4) is 17.2 Å². The van der Waals surface area contributed by atoms with Crippen LogP contribution in [0.15, 0.2) is 18.2 Å². The van der Waals surface area contributed by atoms with Gasteiger partial charge in [-0.1, -0.05) is 0 Å². The summed E-state index contributed by atoms with van der Waals surface area (Å²) in [5.74, 6) is -0.758. The van der Waals surface area contributed by atoms with Gasteiger partial charge in [-0.3, -0.25) is 9.59 Å². The van der Waals surface area contributed by atoms with Gasteiger partial charge in [0, 0.05) is 11.1 Å². The minimum Gasteiger partial charge on any atom is -0.496 e. The lowest BCUT2D eigenvalue weighted by atomic mass is 9.79. The standard InChI is InChI=1S/C21H20O7/c1-6-28-21(24)16-10(2)15-11(9-14(16)27-5)19(22)17-12(25-3)7-8-13(26-4)18(17)20(15)23/h7-9H,6H2,1-5H3. The molecule has 2 aromatic rings. The van der Waals surface area contributed by atoms with E-state index in [1.807, 2.05) is 0 Å². The quantitative estimate of drug-likeness (QED) is 0.625. The Balaban J connectivity index is 2.36. The summed E-state index contributed by atoms with van der Waals surface area (Å²) in [6.07, 6.45) is 0. The summed E-state index contributed by atoms with van der Waals surface area (Å²) in [6, 6.07) is 4.54. The van der Waals surface area contributed by atoms with E-state index in [0.29, 0.717) is 5.56 Å². The second kappa shape index (κ2) is 7.34. The van der Waals surface area contributed by atoms with Gasteiger partial charge in [0.25, 0.3) is 0 Å². The molecule has 0 saturated carbocycles. The van der Waals surface area contributed by atoms with Crippen LogP contribution in [0, 0.1) is 6.92 Å². The van der Waals surface area contributed by atoms with Crippen LogP contribution in [0.3, 0.4) is 0 Å². The van der Waals surface area contributed by atoms with Crippen LogP contribution in [0.5, 0.6) is 17.2 Å². The van der Waals surface area contributed by atoms with Crippen molar-refractivity contribution in [3.63, 3.8) is 0 Å². The Morgan fingerprint density at radius 3 is 1.89 bits per heavy atom. The summed E-state index contributed by atoms with van der Waals surface area (Å²) < 4.78 is 21.0. The molecule has 1 aliphatic carbocycles. The highest BCUT2D eigenvalue weighted by Gasteiger charge is 2.38. The lowest BCUT2D eigenvalue weighted by molar-refractivity contribution is 0.0521. The molecule has 0 spiro atoms. The van der Waals surface area contributed by atoms with Gasteiger partial charge in [0.05, 0.1) is 39.1 Å². The number of carbonyl (C=O) groups is 3. The highest BCUT2D eigenvalue weighted by molar-refractivity contribution is 6.31. The fraction of sp³-hybridized carbons (Fsp3) is 0.286. The fourth-order valence-electron chi connectivity index (χ4n) is 3.49. The van der Waals surface area contributed by atoms with Crippen LogP contribution < -0.4 is 14.2 Å². The van der Waals surface area contributed by atoms with Gasteiger partial charge < -0.3 is 18.9 Å². The van der Waals surface area contributed by atoms with E-state index < -0.39 is 17.5 Å². The summed E-state index contributed by atoms with van der Waals surface area (Å²) in [5.41, 5.74) is 0.961. The number of hydrogen-bond acceptors (Lipinski definition) is 7. The molecule has 3 rings (SSSR count). The molecule has 0 unspecified atom stereocenters. The molecule has 0 bridgehead atoms. The molecule has 2 aromatic carbocycles. The minimum atomic E-state index is -0.622. The van der Waals surface area contributed by atoms with Gasteiger partial charge in [0.1, 0.15) is 22.8 Å². The van der Waals surface area contributed by atoms with Crippen LogP contribution in [0.1, 0.15) is 54.7 Å². The molecular weight excluding hydrogens is 364 g/mol. The average Bonchev–Trinajstić information content (AvgIpc) is 2.70. The molecule has 0 N–H and O–H groups in total. The highest BCUT2D eigenvalue weighted by atomic mass is 16.5. The first-order valence-electron chi connectivity index (χ1n) is 8.64. The lowest BCUT2D eigenvalue weighted by Crippen LogP contribution is -2.25. The van der Waals surface area contributed by atoms with E-state index in [-0.39, 0.29) is 51.7 Å². The van der Waals surface area contributed by atoms with Gasteiger partial charge in [0.2, 0.25) is 0 Å². The predicted octanol–water partition coefficient (Wildman–Crippen LogP) is 2.97. The van der Waals surface area contributed by atoms with Crippen molar-refractivity contribution in [1.82, 2.24) is 0 Å². The van der Waals surface area contributed by atoms with Crippen LogP contribution >= 0.6 is 0 Å². The highest BCUT2D eigenvalue weighted by Crippen LogP contribution is 2.42. The Hall–Kier alpha value is -3.35. The molecule has 146 valence electrons. The van der Waals surface area contributed by atoms with Gasteiger partial charge >= 0.3 is 5.97 Å². The van der Waals surface area contributed by atoms with Crippen molar-refractivity contribution in [1.29, 1.82) is 0 Å². The second-order valence-electron chi connectivity index (χ2n) is 6.10. The molecule has 0 fully saturated rings. The molecule has 0 atom stereocenters. The number of ether oxygens (including phenoxy) is 4. The van der Waals surface area contributed by atoms with Crippen LogP contribution in [0.4, 0.5) is 0 Å². The Bertz CT molecular complexity index is 1000. The molecule has 0 saturated heterocycles. The van der Waals surface area contributed by atoms with E-state index in [2.05, 4.69) is 0 Å². The number of fused-ring (bicyclic) bond motifs is 2. The molecule has 0 aliphatic heterocycles. The summed E-state index contributed by atoms with van der Waals surface area (Å²) >= 11 is 0. The Labute approximate surface area is 162 Å². The summed E-state index contributed by atoms with van der Waals surface area (Å²) in [5, 5.41) is 0. The molecule has 28 heavy (non-hydrogen) atoms. The third-order valence-electron chi connectivity index (χ3n) is 4.74. The number of methoxy groups -OCH3 is 3. The number of benzene rings is 2. The largest absolute Gasteiger partial charge is 0.496 e. The first-order chi connectivity index (χ1) is 13.4. The molecular formula is C21H20O7. The first kappa shape index (κ1) is 19.4. The lowest BCUT2D eigenvalue weighted by Gasteiger charge is -2.24. The maximum Gasteiger partial charge on any atom is 0.342 e. The molecule has 0 radical (unpaired) electrons. The monoisotopic (exact) mass is 384 g/mol. The average molecular weight is 384 g/mol. The second-order valence-corrected chi connectivity index (χ2v) is 6.10. The summed E-state index contributed by atoms with van der Waals surface area (Å²) in [4.78, 5) is 39.1. The smallest absolute Gasteiger partial charge is 0.342 e. The Morgan fingerprint density at radius 2 is 1.39 bits per heavy atom. The summed E-state index contributed by atoms with van der Waals surface area (Å²) in [7, 11) is 4.22. The fourth-order valence-corrected chi connectivity index (χ4v) is 3.49. The van der Waals surface area contributed by atoms with E-state index >= 15 is 0 Å². The number of rotatable bonds is 5. The van der Waals surface area contributed by atoms with Crippen LogP contribution in [0.2, 0.25) is 0 Å². The van der Waals surface area contributed by atoms with Gasteiger partial charge in [-0.2, -0.15) is 0 Å². The van der Waals surface area contributed by atoms with Crippen molar-refractivity contribution in [3.05, 3.63) is 51.6 Å². The molecule has 0 aromatic heterocycles. The van der Waals surface area contributed by atoms with E-state index in [4.69, 9.17) is 18.9 Å². The van der Waals surface area contributed by atoms with E-state index in [1.165, 1.54) is 27.4 Å². The summed E-state index contributed by atoms with van der Waals surface area (Å²) in [6.45, 7) is 3.44. The minimum absolute atomic E-state index is 0.113. The van der Waals surface area contributed by atoms with Crippen LogP contribution in [-0.2, 0) is 4.74 Å². The molecule has 7 heteroatoms. The van der Waals surface area contributed by atoms with Gasteiger partial charge in [0.15, 0.2) is 11.6 Å². The van der Waals surface area contributed by atoms with E-state index in [1.54, 1.807) is 26.0 Å². The van der Waals surface area contributed by atoms with Gasteiger partial charge in [-0.25, -0.2) is 4.79 Å². The van der Waals surface area contributed by atoms with Crippen molar-refractivity contribution in [2.45, 2.75) is 13.8 Å². The molecule has 1 aliphatic rings. The predicted molar refractivity (Wildman–Crippen MR) is 100 cm³/mol. The van der Waals surface area contributed by atoms with E-state index in [0.717, 1.165) is 0 Å². The van der Waals surface area contributed by atoms with Crippen LogP contribution in [0.25, 0.3) is 0 Å². The SMILES string of the molecule is CCOC(=O)c1c(OC)cc2c(c1C)C(=O)c1c(OC)ccc(OC)c1C2=O. The third-order valence-corrected chi connectivity index (χ3v) is 4.74. The molecule has 0 amide bonds. The zero-order valence-electron chi connectivity index (χ0n) is 16.3. The molecule has 0 heterocycles. The topological polar surface area (TPSA) is 88.1 Å². The van der Waals surface area contributed by atoms with Gasteiger partial charge in [-0.15, -0.1) is 0 Å². The van der Waals surface area contributed by atoms with Crippen molar-refractivity contribution < 1.29 is 33.3 Å². The zero-order chi connectivity index (χ0) is 20.6. The number of ketones is 2. The molecule has 7 nitrogen and oxygen atoms in total. The maximum atomic E-state index is 13.4. The first-order valence-corrected chi connectivity index (χ1v) is 8.64. The third kappa shape index (κ3) is 2.70. The van der Waals surface area contributed by atoms with E-state index in [9.17, 15) is 14.4 Å². The number of carbonyl (C=O) groups excluding carboxylic acids is 3. The zero-order valence-corrected chi connectivity index (χ0v) is 16.3. The van der Waals surface area contributed by atoms with Crippen molar-refractivity contribution >= 4 is 17.5 Å². The number of hydrogen-bond donors (Lipinski definition) is 0. The van der Waals surface area contributed by atoms with Crippen molar-refractivity contribution in [2.75, 3.05) is 27.9 Å². The Morgan fingerprint density at radius 1 is 0.857 bits per heavy atom. The maximum absolute atomic E-state index is 13.4. The Kier molecular flexibility index (Phi) is 5.09. The normalized spacial score (nSPS) is 12.2. The number of esters is 1. The van der Waals surface area contributed by atoms with Crippen LogP contribution in [-0.4, -0.2) is 45.5 Å². The van der Waals surface area contributed by atoms with Gasteiger partial charge in [-0.05, 0) is 37.6 Å². The van der Waals surface area contributed by atoms with Crippen molar-refractivity contribution in [2.24, 2.45) is 0 Å².